The van der Waals surface area contributed by atoms with Crippen LogP contribution in [0.1, 0.15) is 5.56 Å². The van der Waals surface area contributed by atoms with Crippen LogP contribution >= 0.6 is 0 Å². The molecule has 0 saturated carbocycles. The molecule has 104 valence electrons. The molecule has 0 amide bonds. The van der Waals surface area contributed by atoms with E-state index >= 15 is 0 Å². The summed E-state index contributed by atoms with van der Waals surface area (Å²) < 4.78 is 5.59. The predicted molar refractivity (Wildman–Crippen MR) is 75.1 cm³/mol. The number of hydrogen-bond acceptors (Lipinski definition) is 5. The van der Waals surface area contributed by atoms with Crippen molar-refractivity contribution in [1.82, 2.24) is 0 Å². The fourth-order valence-electron chi connectivity index (χ4n) is 1.85. The van der Waals surface area contributed by atoms with Gasteiger partial charge in [0.2, 0.25) is 5.75 Å². The molecule has 2 aromatic carbocycles. The van der Waals surface area contributed by atoms with Crippen molar-refractivity contribution in [1.29, 1.82) is 0 Å². The summed E-state index contributed by atoms with van der Waals surface area (Å²) in [4.78, 5) is 10.7. The summed E-state index contributed by atoms with van der Waals surface area (Å²) in [5.74, 6) is 0.522. The Morgan fingerprint density at radius 1 is 1.20 bits per heavy atom. The Kier molecular flexibility index (Phi) is 4.17. The van der Waals surface area contributed by atoms with E-state index in [1.54, 1.807) is 43.4 Å². The minimum Gasteiger partial charge on any atom is -0.450 e. The quantitative estimate of drug-likeness (QED) is 0.646. The third-order valence-corrected chi connectivity index (χ3v) is 2.81. The van der Waals surface area contributed by atoms with Crippen LogP contribution in [0.25, 0.3) is 0 Å². The molecule has 0 saturated heterocycles. The van der Waals surface area contributed by atoms with Crippen LogP contribution in [0.3, 0.4) is 0 Å². The minimum atomic E-state index is -0.497. The van der Waals surface area contributed by atoms with E-state index in [1.165, 1.54) is 6.07 Å². The Morgan fingerprint density at radius 3 is 2.55 bits per heavy atom. The van der Waals surface area contributed by atoms with E-state index in [9.17, 15) is 15.2 Å². The highest BCUT2D eigenvalue weighted by Crippen LogP contribution is 2.38. The third-order valence-electron chi connectivity index (χ3n) is 2.81. The molecule has 0 radical (unpaired) electrons. The number of nitrogens with one attached hydrogen (secondary N) is 1. The van der Waals surface area contributed by atoms with Gasteiger partial charge < -0.3 is 15.2 Å². The Morgan fingerprint density at radius 2 is 1.90 bits per heavy atom. The number of ether oxygens (including phenoxy) is 1. The van der Waals surface area contributed by atoms with Crippen molar-refractivity contribution < 1.29 is 14.8 Å². The lowest BCUT2D eigenvalue weighted by molar-refractivity contribution is -0.384. The van der Waals surface area contributed by atoms with Gasteiger partial charge in [-0.3, -0.25) is 10.1 Å². The van der Waals surface area contributed by atoms with Gasteiger partial charge in [-0.25, -0.2) is 0 Å². The maximum atomic E-state index is 11.2. The van der Waals surface area contributed by atoms with Crippen molar-refractivity contribution in [2.75, 3.05) is 12.4 Å². The van der Waals surface area contributed by atoms with Crippen molar-refractivity contribution >= 4 is 11.4 Å². The number of hydrogen-bond donors (Lipinski definition) is 2. The van der Waals surface area contributed by atoms with Gasteiger partial charge in [-0.2, -0.15) is 0 Å². The largest absolute Gasteiger partial charge is 0.450 e. The van der Waals surface area contributed by atoms with Crippen molar-refractivity contribution in [2.24, 2.45) is 0 Å². The highest BCUT2D eigenvalue weighted by Gasteiger charge is 2.21. The monoisotopic (exact) mass is 274 g/mol. The molecule has 0 aliphatic rings. The van der Waals surface area contributed by atoms with Gasteiger partial charge in [-0.1, -0.05) is 24.3 Å². The van der Waals surface area contributed by atoms with E-state index in [2.05, 4.69) is 5.32 Å². The van der Waals surface area contributed by atoms with Crippen molar-refractivity contribution in [3.8, 4) is 11.5 Å². The third kappa shape index (κ3) is 2.70. The second-order valence-electron chi connectivity index (χ2n) is 4.03. The zero-order valence-electron chi connectivity index (χ0n) is 10.9. The molecule has 0 aliphatic carbocycles. The Hall–Kier alpha value is -2.60. The zero-order chi connectivity index (χ0) is 14.5. The Labute approximate surface area is 115 Å². The summed E-state index contributed by atoms with van der Waals surface area (Å²) in [6, 6.07) is 11.6. The number of nitro groups is 1. The highest BCUT2D eigenvalue weighted by atomic mass is 16.6. The zero-order valence-corrected chi connectivity index (χ0v) is 10.9. The highest BCUT2D eigenvalue weighted by molar-refractivity contribution is 5.68. The van der Waals surface area contributed by atoms with Gasteiger partial charge in [-0.05, 0) is 18.2 Å². The molecule has 0 fully saturated rings. The lowest BCUT2D eigenvalue weighted by Gasteiger charge is -2.11. The van der Waals surface area contributed by atoms with Gasteiger partial charge in [0.15, 0.2) is 0 Å². The molecule has 2 aromatic rings. The summed E-state index contributed by atoms with van der Waals surface area (Å²) in [5.41, 5.74) is 0.799. The summed E-state index contributed by atoms with van der Waals surface area (Å²) in [5, 5.41) is 23.2. The molecule has 0 atom stereocenters. The van der Waals surface area contributed by atoms with E-state index in [0.29, 0.717) is 17.0 Å². The number of aliphatic hydroxyl groups is 1. The van der Waals surface area contributed by atoms with Crippen LogP contribution in [0.4, 0.5) is 11.4 Å². The van der Waals surface area contributed by atoms with Crippen LogP contribution in [-0.2, 0) is 6.61 Å². The fraction of sp³-hybridized carbons (Fsp3) is 0.143. The first-order valence-corrected chi connectivity index (χ1v) is 5.99. The van der Waals surface area contributed by atoms with E-state index in [4.69, 9.17) is 4.74 Å². The van der Waals surface area contributed by atoms with Gasteiger partial charge in [-0.15, -0.1) is 0 Å². The summed E-state index contributed by atoms with van der Waals surface area (Å²) in [6.45, 7) is -0.199. The van der Waals surface area contributed by atoms with Gasteiger partial charge in [0.25, 0.3) is 0 Å². The van der Waals surface area contributed by atoms with Crippen LogP contribution in [0, 0.1) is 10.1 Å². The second-order valence-corrected chi connectivity index (χ2v) is 4.03. The average molecular weight is 274 g/mol. The Bertz CT molecular complexity index is 628. The molecule has 2 N–H and O–H groups in total. The molecule has 6 nitrogen and oxygen atoms in total. The number of nitro benzene ring substituents is 1. The summed E-state index contributed by atoms with van der Waals surface area (Å²) in [6.07, 6.45) is 0. The molecule has 0 aliphatic heterocycles. The van der Waals surface area contributed by atoms with Gasteiger partial charge in [0.1, 0.15) is 11.4 Å². The van der Waals surface area contributed by atoms with E-state index in [1.807, 2.05) is 0 Å². The number of rotatable bonds is 5. The molecular formula is C14H14N2O4. The standard InChI is InChI=1S/C14H14N2O4/c1-15-11-6-4-8-13(14(11)16(18)19)20-12-7-3-2-5-10(12)9-17/h2-8,15,17H,9H2,1H3. The van der Waals surface area contributed by atoms with Gasteiger partial charge in [0.05, 0.1) is 11.5 Å². The number of anilines is 1. The topological polar surface area (TPSA) is 84.6 Å². The molecule has 0 unspecified atom stereocenters. The number of para-hydroxylation sites is 2. The first kappa shape index (κ1) is 13.8. The van der Waals surface area contributed by atoms with Gasteiger partial charge >= 0.3 is 5.69 Å². The van der Waals surface area contributed by atoms with E-state index in [0.717, 1.165) is 0 Å². The molecule has 0 aromatic heterocycles. The summed E-state index contributed by atoms with van der Waals surface area (Å²) >= 11 is 0. The minimum absolute atomic E-state index is 0.128. The van der Waals surface area contributed by atoms with Crippen LogP contribution in [-0.4, -0.2) is 17.1 Å². The Balaban J connectivity index is 2.46. The van der Waals surface area contributed by atoms with E-state index < -0.39 is 4.92 Å². The average Bonchev–Trinajstić information content (AvgIpc) is 2.47. The molecule has 6 heteroatoms. The normalized spacial score (nSPS) is 10.1. The van der Waals surface area contributed by atoms with Crippen LogP contribution in [0.2, 0.25) is 0 Å². The van der Waals surface area contributed by atoms with Gasteiger partial charge in [0, 0.05) is 12.6 Å². The number of nitrogens with zero attached hydrogens (tertiary/aromatic N) is 1. The first-order chi connectivity index (χ1) is 9.67. The van der Waals surface area contributed by atoms with Crippen LogP contribution in [0.5, 0.6) is 11.5 Å². The first-order valence-electron chi connectivity index (χ1n) is 5.99. The number of aliphatic hydroxyl groups excluding tert-OH is 1. The van der Waals surface area contributed by atoms with E-state index in [-0.39, 0.29) is 18.0 Å². The SMILES string of the molecule is CNc1cccc(Oc2ccccc2CO)c1[N+](=O)[O-]. The molecule has 0 spiro atoms. The molecule has 0 heterocycles. The van der Waals surface area contributed by atoms with Crippen LogP contribution in [0.15, 0.2) is 42.5 Å². The van der Waals surface area contributed by atoms with Crippen molar-refractivity contribution in [2.45, 2.75) is 6.61 Å². The van der Waals surface area contributed by atoms with Crippen LogP contribution < -0.4 is 10.1 Å². The predicted octanol–water partition coefficient (Wildman–Crippen LogP) is 2.92. The fourth-order valence-corrected chi connectivity index (χ4v) is 1.85. The lowest BCUT2D eigenvalue weighted by atomic mass is 10.2. The molecule has 20 heavy (non-hydrogen) atoms. The lowest BCUT2D eigenvalue weighted by Crippen LogP contribution is -2.00. The maximum absolute atomic E-state index is 11.2. The molecule has 0 bridgehead atoms. The molecule has 2 rings (SSSR count). The maximum Gasteiger partial charge on any atom is 0.334 e. The smallest absolute Gasteiger partial charge is 0.334 e. The second kappa shape index (κ2) is 6.03. The van der Waals surface area contributed by atoms with Crippen molar-refractivity contribution in [3.63, 3.8) is 0 Å². The van der Waals surface area contributed by atoms with Crippen molar-refractivity contribution in [3.05, 3.63) is 58.1 Å². The molecular weight excluding hydrogens is 260 g/mol. The summed E-state index contributed by atoms with van der Waals surface area (Å²) in [7, 11) is 1.60. The number of benzene rings is 2.